The molecular weight excluding hydrogens is 406 g/mol. The molecule has 1 aromatic carbocycles. The van der Waals surface area contributed by atoms with E-state index in [0.29, 0.717) is 18.8 Å². The van der Waals surface area contributed by atoms with Crippen LogP contribution in [0.4, 0.5) is 24.2 Å². The summed E-state index contributed by atoms with van der Waals surface area (Å²) in [7, 11) is -8.78. The summed E-state index contributed by atoms with van der Waals surface area (Å²) >= 11 is 0. The van der Waals surface area contributed by atoms with E-state index in [4.69, 9.17) is 5.26 Å². The molecular formula is C16H18BF5N2O3S. The van der Waals surface area contributed by atoms with E-state index in [-0.39, 0.29) is 17.5 Å². The first-order valence-electron chi connectivity index (χ1n) is 7.80. The lowest BCUT2D eigenvalue weighted by atomic mass is 9.28. The Hall–Kier alpha value is -2.55. The number of methoxy groups -OCH3 is 1. The largest absolute Gasteiger partial charge is 0.453 e. The van der Waals surface area contributed by atoms with E-state index in [9.17, 15) is 29.0 Å². The molecule has 2 amide bonds. The first-order chi connectivity index (χ1) is 12.5. The smallest absolute Gasteiger partial charge is 0.413 e. The Morgan fingerprint density at radius 3 is 2.11 bits per heavy atom. The van der Waals surface area contributed by atoms with E-state index in [1.165, 1.54) is 0 Å². The minimum atomic E-state index is -9.76. The Morgan fingerprint density at radius 2 is 1.75 bits per heavy atom. The Balaban J connectivity index is 0.000000362. The fourth-order valence-corrected chi connectivity index (χ4v) is 3.05. The minimum absolute atomic E-state index is 0.0771. The van der Waals surface area contributed by atoms with Crippen molar-refractivity contribution in [1.82, 2.24) is 5.32 Å². The van der Waals surface area contributed by atoms with Gasteiger partial charge in [0.15, 0.2) is 0 Å². The average molecular weight is 424 g/mol. The van der Waals surface area contributed by atoms with Crippen molar-refractivity contribution in [3.05, 3.63) is 42.5 Å². The third-order valence-corrected chi connectivity index (χ3v) is 5.23. The molecule has 1 aliphatic rings. The van der Waals surface area contributed by atoms with Crippen LogP contribution in [0, 0.1) is 16.6 Å². The van der Waals surface area contributed by atoms with E-state index in [0.717, 1.165) is 19.8 Å². The van der Waals surface area contributed by atoms with Gasteiger partial charge in [-0.05, 0) is 29.7 Å². The van der Waals surface area contributed by atoms with Gasteiger partial charge in [0.25, 0.3) is 12.6 Å². The van der Waals surface area contributed by atoms with Crippen molar-refractivity contribution in [1.29, 1.82) is 5.26 Å². The molecule has 0 aromatic heterocycles. The number of hydrogen-bond donors (Lipinski definition) is 1. The highest BCUT2D eigenvalue weighted by molar-refractivity contribution is 8.45. The fourth-order valence-electron chi connectivity index (χ4n) is 2.40. The zero-order valence-electron chi connectivity index (χ0n) is 15.1. The quantitative estimate of drug-likeness (QED) is 0.390. The molecule has 2 rings (SSSR count). The summed E-state index contributed by atoms with van der Waals surface area (Å²) in [6, 6.07) is 1.22. The lowest BCUT2D eigenvalue weighted by Crippen LogP contribution is -2.37. The van der Waals surface area contributed by atoms with Gasteiger partial charge in [0.05, 0.1) is 7.11 Å². The Kier molecular flexibility index (Phi) is 5.98. The molecule has 0 saturated carbocycles. The van der Waals surface area contributed by atoms with Crippen LogP contribution in [0.5, 0.6) is 0 Å². The van der Waals surface area contributed by atoms with Gasteiger partial charge in [-0.1, -0.05) is 45.1 Å². The maximum atomic E-state index is 12.4. The zero-order valence-corrected chi connectivity index (χ0v) is 15.9. The Bertz CT molecular complexity index is 816. The summed E-state index contributed by atoms with van der Waals surface area (Å²) in [5, 5.41) is 10.1. The van der Waals surface area contributed by atoms with Gasteiger partial charge in [-0.3, -0.25) is 10.1 Å². The lowest BCUT2D eigenvalue weighted by Gasteiger charge is -2.40. The molecule has 0 radical (unpaired) electrons. The number of hydrogen-bond acceptors (Lipinski definition) is 4. The van der Waals surface area contributed by atoms with Crippen LogP contribution in [0.15, 0.2) is 41.8 Å². The molecule has 1 aliphatic heterocycles. The van der Waals surface area contributed by atoms with Crippen LogP contribution in [-0.2, 0) is 4.74 Å². The monoisotopic (exact) mass is 424 g/mol. The maximum Gasteiger partial charge on any atom is 0.413 e. The van der Waals surface area contributed by atoms with Gasteiger partial charge in [0.2, 0.25) is 0 Å². The fraction of sp³-hybridized carbons (Fsp3) is 0.312. The summed E-state index contributed by atoms with van der Waals surface area (Å²) in [4.78, 5) is 19.8. The SMILES string of the molecule is C=CC1(C)CB(C#N)C1.COC(=O)NC(=O)c1ccc(S(F)(F)(F)(F)F)cc1. The number of allylic oxidation sites excluding steroid dienone is 1. The van der Waals surface area contributed by atoms with Crippen LogP contribution < -0.4 is 5.32 Å². The molecule has 0 aliphatic carbocycles. The highest BCUT2D eigenvalue weighted by Gasteiger charge is 2.65. The molecule has 1 N–H and O–H groups in total. The van der Waals surface area contributed by atoms with Crippen molar-refractivity contribution < 1.29 is 33.8 Å². The highest BCUT2D eigenvalue weighted by atomic mass is 32.5. The second kappa shape index (κ2) is 7.12. The van der Waals surface area contributed by atoms with E-state index in [1.54, 1.807) is 5.32 Å². The third-order valence-electron chi connectivity index (χ3n) is 4.06. The summed E-state index contributed by atoms with van der Waals surface area (Å²) in [6.07, 6.45) is 2.85. The van der Waals surface area contributed by atoms with Gasteiger partial charge in [0.1, 0.15) is 4.90 Å². The third kappa shape index (κ3) is 6.56. The van der Waals surface area contributed by atoms with Crippen molar-refractivity contribution in [3.63, 3.8) is 0 Å². The average Bonchev–Trinajstić information content (AvgIpc) is 2.57. The standard InChI is InChI=1S/C9H8F5NO3S.C7H10BN/c1-18-9(17)15-8(16)6-2-4-7(5-3-6)19(10,11,12,13)14;1-3-7(2)4-8(5-7)6-9/h2-5H,1H3,(H,15,16,17);3H,1,4-5H2,2H3. The summed E-state index contributed by atoms with van der Waals surface area (Å²) in [5.74, 6) is 1.17. The Morgan fingerprint density at radius 1 is 1.25 bits per heavy atom. The number of amides is 2. The number of nitrogens with zero attached hydrogens (tertiary/aromatic N) is 1. The molecule has 0 bridgehead atoms. The van der Waals surface area contributed by atoms with Crippen molar-refractivity contribution in [2.45, 2.75) is 24.5 Å². The molecule has 1 saturated heterocycles. The normalized spacial score (nSPS) is 17.3. The van der Waals surface area contributed by atoms with Gasteiger partial charge < -0.3 is 4.74 Å². The molecule has 0 unspecified atom stereocenters. The van der Waals surface area contributed by atoms with Crippen molar-refractivity contribution in [2.24, 2.45) is 5.41 Å². The number of carbonyl (C=O) groups is 2. The van der Waals surface area contributed by atoms with Gasteiger partial charge in [0, 0.05) is 11.5 Å². The van der Waals surface area contributed by atoms with Gasteiger partial charge in [-0.2, -0.15) is 0 Å². The molecule has 5 nitrogen and oxygen atoms in total. The molecule has 0 atom stereocenters. The molecule has 154 valence electrons. The number of nitrogens with one attached hydrogen (secondary N) is 1. The van der Waals surface area contributed by atoms with E-state index >= 15 is 0 Å². The van der Waals surface area contributed by atoms with Crippen LogP contribution in [0.3, 0.4) is 0 Å². The zero-order chi connectivity index (χ0) is 21.9. The van der Waals surface area contributed by atoms with Gasteiger partial charge >= 0.3 is 16.3 Å². The number of rotatable bonds is 3. The number of imide groups is 1. The number of halogens is 5. The van der Waals surface area contributed by atoms with Crippen LogP contribution in [0.2, 0.25) is 12.6 Å². The first-order valence-corrected chi connectivity index (χ1v) is 9.75. The van der Waals surface area contributed by atoms with Gasteiger partial charge in [-0.25, -0.2) is 10.1 Å². The van der Waals surface area contributed by atoms with Crippen LogP contribution in [-0.4, -0.2) is 25.8 Å². The lowest BCUT2D eigenvalue weighted by molar-refractivity contribution is 0.0936. The maximum absolute atomic E-state index is 12.4. The molecule has 1 fully saturated rings. The number of ether oxygens (including phenoxy) is 1. The second-order valence-electron chi connectivity index (χ2n) is 6.53. The number of alkyl carbamates (subject to hydrolysis) is 1. The molecule has 1 aromatic rings. The van der Waals surface area contributed by atoms with Crippen LogP contribution in [0.25, 0.3) is 0 Å². The summed E-state index contributed by atoms with van der Waals surface area (Å²) in [6.45, 7) is 6.16. The van der Waals surface area contributed by atoms with E-state index in [2.05, 4.69) is 24.2 Å². The Labute approximate surface area is 159 Å². The molecule has 12 heteroatoms. The van der Waals surface area contributed by atoms with Crippen molar-refractivity contribution in [2.75, 3.05) is 7.11 Å². The van der Waals surface area contributed by atoms with E-state index in [1.807, 2.05) is 6.08 Å². The van der Waals surface area contributed by atoms with Crippen LogP contribution >= 0.6 is 10.2 Å². The minimum Gasteiger partial charge on any atom is -0.453 e. The second-order valence-corrected chi connectivity index (χ2v) is 8.94. The van der Waals surface area contributed by atoms with Gasteiger partial charge in [-0.15, -0.1) is 6.58 Å². The topological polar surface area (TPSA) is 79.2 Å². The molecule has 1 heterocycles. The number of carbonyl (C=O) groups excluding carboxylic acids is 2. The number of benzene rings is 1. The van der Waals surface area contributed by atoms with Crippen LogP contribution in [0.1, 0.15) is 17.3 Å². The van der Waals surface area contributed by atoms with Crippen molar-refractivity contribution in [3.8, 4) is 5.97 Å². The predicted octanol–water partition coefficient (Wildman–Crippen LogP) is 5.59. The summed E-state index contributed by atoms with van der Waals surface area (Å²) < 4.78 is 65.9. The predicted molar refractivity (Wildman–Crippen MR) is 97.0 cm³/mol. The number of nitriles is 1. The van der Waals surface area contributed by atoms with Crippen molar-refractivity contribution >= 4 is 28.9 Å². The van der Waals surface area contributed by atoms with E-state index < -0.39 is 32.7 Å². The first kappa shape index (κ1) is 23.5. The molecule has 0 spiro atoms. The molecule has 28 heavy (non-hydrogen) atoms. The summed E-state index contributed by atoms with van der Waals surface area (Å²) in [5.41, 5.74) is -0.114. The highest BCUT2D eigenvalue weighted by Crippen LogP contribution is 3.02.